The van der Waals surface area contributed by atoms with Gasteiger partial charge in [0.1, 0.15) is 5.82 Å². The van der Waals surface area contributed by atoms with Crippen LogP contribution in [0, 0.1) is 6.92 Å². The Morgan fingerprint density at radius 1 is 1.22 bits per heavy atom. The molecule has 0 aliphatic heterocycles. The lowest BCUT2D eigenvalue weighted by atomic mass is 10.2. The summed E-state index contributed by atoms with van der Waals surface area (Å²) in [5.74, 6) is 0.377. The first kappa shape index (κ1) is 15.3. The summed E-state index contributed by atoms with van der Waals surface area (Å²) in [4.78, 5) is 16.1. The second kappa shape index (κ2) is 6.66. The van der Waals surface area contributed by atoms with Crippen LogP contribution in [-0.4, -0.2) is 10.9 Å². The fourth-order valence-electron chi connectivity index (χ4n) is 2.00. The van der Waals surface area contributed by atoms with Gasteiger partial charge in [0.05, 0.1) is 23.8 Å². The minimum absolute atomic E-state index is 0.248. The Balaban J connectivity index is 1.68. The molecule has 116 valence electrons. The predicted octanol–water partition coefficient (Wildman–Crippen LogP) is 4.74. The van der Waals surface area contributed by atoms with E-state index in [1.165, 1.54) is 11.8 Å². The van der Waals surface area contributed by atoms with Crippen LogP contribution in [0.1, 0.15) is 16.1 Å². The van der Waals surface area contributed by atoms with Gasteiger partial charge in [-0.15, -0.1) is 0 Å². The SMILES string of the molecule is Cc1ccc(Nc2ccc(NC(=O)c3ccco3)nc2)c(Br)c1. The lowest BCUT2D eigenvalue weighted by Crippen LogP contribution is -2.11. The van der Waals surface area contributed by atoms with E-state index in [9.17, 15) is 4.79 Å². The second-order valence-corrected chi connectivity index (χ2v) is 5.83. The van der Waals surface area contributed by atoms with Crippen molar-refractivity contribution >= 4 is 39.0 Å². The molecular weight excluding hydrogens is 358 g/mol. The first-order valence-electron chi connectivity index (χ1n) is 6.96. The zero-order valence-electron chi connectivity index (χ0n) is 12.3. The molecule has 0 aliphatic rings. The van der Waals surface area contributed by atoms with Gasteiger partial charge in [-0.1, -0.05) is 6.07 Å². The Kier molecular flexibility index (Phi) is 4.43. The normalized spacial score (nSPS) is 10.3. The number of aromatic nitrogens is 1. The maximum atomic E-state index is 11.9. The van der Waals surface area contributed by atoms with Crippen molar-refractivity contribution in [3.63, 3.8) is 0 Å². The van der Waals surface area contributed by atoms with Crippen molar-refractivity contribution < 1.29 is 9.21 Å². The maximum absolute atomic E-state index is 11.9. The minimum atomic E-state index is -0.329. The fraction of sp³-hybridized carbons (Fsp3) is 0.0588. The number of amides is 1. The number of furan rings is 1. The Labute approximate surface area is 141 Å². The molecule has 0 spiro atoms. The fourth-order valence-corrected chi connectivity index (χ4v) is 2.60. The van der Waals surface area contributed by atoms with E-state index in [4.69, 9.17) is 4.42 Å². The number of aryl methyl sites for hydroxylation is 1. The number of nitrogens with one attached hydrogen (secondary N) is 2. The second-order valence-electron chi connectivity index (χ2n) is 4.97. The molecule has 3 rings (SSSR count). The Hall–Kier alpha value is -2.60. The number of nitrogens with zero attached hydrogens (tertiary/aromatic N) is 1. The lowest BCUT2D eigenvalue weighted by molar-refractivity contribution is 0.0996. The molecular formula is C17H14BrN3O2. The summed E-state index contributed by atoms with van der Waals surface area (Å²) in [6.07, 6.45) is 3.11. The van der Waals surface area contributed by atoms with E-state index in [1.807, 2.05) is 31.2 Å². The van der Waals surface area contributed by atoms with Gasteiger partial charge in [-0.25, -0.2) is 4.98 Å². The molecule has 5 nitrogen and oxygen atoms in total. The molecule has 0 saturated heterocycles. The highest BCUT2D eigenvalue weighted by Crippen LogP contribution is 2.26. The lowest BCUT2D eigenvalue weighted by Gasteiger charge is -2.09. The third-order valence-electron chi connectivity index (χ3n) is 3.15. The zero-order chi connectivity index (χ0) is 16.2. The summed E-state index contributed by atoms with van der Waals surface area (Å²) in [5, 5.41) is 5.94. The van der Waals surface area contributed by atoms with Crippen molar-refractivity contribution in [2.75, 3.05) is 10.6 Å². The molecule has 1 amide bonds. The molecule has 0 fully saturated rings. The number of rotatable bonds is 4. The molecule has 23 heavy (non-hydrogen) atoms. The van der Waals surface area contributed by atoms with Crippen molar-refractivity contribution in [2.24, 2.45) is 0 Å². The molecule has 3 aromatic rings. The van der Waals surface area contributed by atoms with Crippen molar-refractivity contribution in [3.05, 3.63) is 70.7 Å². The standard InChI is InChI=1S/C17H14BrN3O2/c1-11-4-6-14(13(18)9-11)20-12-5-7-16(19-10-12)21-17(22)15-3-2-8-23-15/h2-10,20H,1H3,(H,19,21,22). The van der Waals surface area contributed by atoms with Gasteiger partial charge in [0, 0.05) is 4.47 Å². The van der Waals surface area contributed by atoms with Gasteiger partial charge >= 0.3 is 0 Å². The van der Waals surface area contributed by atoms with Crippen molar-refractivity contribution in [2.45, 2.75) is 6.92 Å². The molecule has 2 N–H and O–H groups in total. The number of anilines is 3. The zero-order valence-corrected chi connectivity index (χ0v) is 13.9. The smallest absolute Gasteiger partial charge is 0.292 e. The number of pyridine rings is 1. The number of carbonyl (C=O) groups excluding carboxylic acids is 1. The van der Waals surface area contributed by atoms with Gasteiger partial charge in [0.2, 0.25) is 0 Å². The third-order valence-corrected chi connectivity index (χ3v) is 3.81. The van der Waals surface area contributed by atoms with Gasteiger partial charge in [0.15, 0.2) is 5.76 Å². The van der Waals surface area contributed by atoms with Gasteiger partial charge in [-0.3, -0.25) is 4.79 Å². The Bertz CT molecular complexity index is 814. The number of halogens is 1. The summed E-state index contributed by atoms with van der Waals surface area (Å²) < 4.78 is 6.02. The van der Waals surface area contributed by atoms with E-state index < -0.39 is 0 Å². The van der Waals surface area contributed by atoms with Crippen LogP contribution in [0.3, 0.4) is 0 Å². The van der Waals surface area contributed by atoms with Crippen molar-refractivity contribution in [1.82, 2.24) is 4.98 Å². The van der Waals surface area contributed by atoms with E-state index in [0.717, 1.165) is 15.8 Å². The van der Waals surface area contributed by atoms with E-state index in [0.29, 0.717) is 5.82 Å². The van der Waals surface area contributed by atoms with Crippen LogP contribution >= 0.6 is 15.9 Å². The van der Waals surface area contributed by atoms with E-state index in [1.54, 1.807) is 24.4 Å². The van der Waals surface area contributed by atoms with Gasteiger partial charge in [0.25, 0.3) is 5.91 Å². The summed E-state index contributed by atoms with van der Waals surface area (Å²) in [6, 6.07) is 12.9. The van der Waals surface area contributed by atoms with E-state index in [-0.39, 0.29) is 11.7 Å². The average molecular weight is 372 g/mol. The molecule has 6 heteroatoms. The number of hydrogen-bond donors (Lipinski definition) is 2. The maximum Gasteiger partial charge on any atom is 0.292 e. The van der Waals surface area contributed by atoms with Crippen LogP contribution in [0.25, 0.3) is 0 Å². The molecule has 1 aromatic carbocycles. The van der Waals surface area contributed by atoms with Gasteiger partial charge < -0.3 is 15.1 Å². The molecule has 0 atom stereocenters. The molecule has 2 heterocycles. The third kappa shape index (κ3) is 3.78. The van der Waals surface area contributed by atoms with Crippen molar-refractivity contribution in [3.8, 4) is 0 Å². The molecule has 0 saturated carbocycles. The number of benzene rings is 1. The summed E-state index contributed by atoms with van der Waals surface area (Å²) in [5.41, 5.74) is 2.95. The number of carbonyl (C=O) groups is 1. The van der Waals surface area contributed by atoms with Crippen LogP contribution in [0.15, 0.2) is 63.8 Å². The molecule has 0 radical (unpaired) electrons. The van der Waals surface area contributed by atoms with Crippen molar-refractivity contribution in [1.29, 1.82) is 0 Å². The molecule has 0 aliphatic carbocycles. The highest BCUT2D eigenvalue weighted by molar-refractivity contribution is 9.10. The highest BCUT2D eigenvalue weighted by Gasteiger charge is 2.09. The van der Waals surface area contributed by atoms with Crippen LogP contribution < -0.4 is 10.6 Å². The van der Waals surface area contributed by atoms with Crippen LogP contribution in [0.2, 0.25) is 0 Å². The van der Waals surface area contributed by atoms with Gasteiger partial charge in [-0.05, 0) is 64.8 Å². The topological polar surface area (TPSA) is 67.2 Å². The Morgan fingerprint density at radius 3 is 2.74 bits per heavy atom. The summed E-state index contributed by atoms with van der Waals surface area (Å²) >= 11 is 3.52. The number of hydrogen-bond acceptors (Lipinski definition) is 4. The highest BCUT2D eigenvalue weighted by atomic mass is 79.9. The van der Waals surface area contributed by atoms with Crippen LogP contribution in [-0.2, 0) is 0 Å². The van der Waals surface area contributed by atoms with E-state index >= 15 is 0 Å². The largest absolute Gasteiger partial charge is 0.459 e. The Morgan fingerprint density at radius 2 is 2.09 bits per heavy atom. The van der Waals surface area contributed by atoms with Crippen LogP contribution in [0.4, 0.5) is 17.2 Å². The summed E-state index contributed by atoms with van der Waals surface area (Å²) in [7, 11) is 0. The van der Waals surface area contributed by atoms with Gasteiger partial charge in [-0.2, -0.15) is 0 Å². The molecule has 2 aromatic heterocycles. The first-order valence-corrected chi connectivity index (χ1v) is 7.75. The molecule has 0 unspecified atom stereocenters. The molecule has 0 bridgehead atoms. The van der Waals surface area contributed by atoms with Crippen LogP contribution in [0.5, 0.6) is 0 Å². The average Bonchev–Trinajstić information content (AvgIpc) is 3.06. The first-order chi connectivity index (χ1) is 11.1. The summed E-state index contributed by atoms with van der Waals surface area (Å²) in [6.45, 7) is 2.03. The minimum Gasteiger partial charge on any atom is -0.459 e. The van der Waals surface area contributed by atoms with E-state index in [2.05, 4.69) is 31.5 Å². The predicted molar refractivity (Wildman–Crippen MR) is 93.1 cm³/mol. The quantitative estimate of drug-likeness (QED) is 0.694. The monoisotopic (exact) mass is 371 g/mol.